The molecule has 3 aromatic rings. The highest BCUT2D eigenvalue weighted by atomic mass is 35.5. The summed E-state index contributed by atoms with van der Waals surface area (Å²) < 4.78 is 42.1. The third kappa shape index (κ3) is 4.73. The van der Waals surface area contributed by atoms with Crippen LogP contribution in [-0.2, 0) is 21.3 Å². The Morgan fingerprint density at radius 2 is 1.90 bits per heavy atom. The summed E-state index contributed by atoms with van der Waals surface area (Å²) in [6.07, 6.45) is 0. The molecule has 1 heterocycles. The van der Waals surface area contributed by atoms with E-state index in [2.05, 4.69) is 19.6 Å². The number of aromatic nitrogens is 2. The molecule has 0 saturated carbocycles. The third-order valence-corrected chi connectivity index (χ3v) is 5.61. The molecule has 0 bridgehead atoms. The zero-order valence-electron chi connectivity index (χ0n) is 15.4. The second-order valence-corrected chi connectivity index (χ2v) is 7.87. The predicted molar refractivity (Wildman–Crippen MR) is 103 cm³/mol. The second-order valence-electron chi connectivity index (χ2n) is 5.70. The van der Waals surface area contributed by atoms with Gasteiger partial charge >= 0.3 is 5.97 Å². The van der Waals surface area contributed by atoms with Crippen LogP contribution < -0.4 is 9.46 Å². The molecule has 29 heavy (non-hydrogen) atoms. The zero-order chi connectivity index (χ0) is 21.0. The fourth-order valence-corrected chi connectivity index (χ4v) is 3.56. The van der Waals surface area contributed by atoms with Gasteiger partial charge in [0.1, 0.15) is 5.75 Å². The van der Waals surface area contributed by atoms with Gasteiger partial charge in [0.05, 0.1) is 36.2 Å². The van der Waals surface area contributed by atoms with Crippen LogP contribution in [0.3, 0.4) is 0 Å². The number of benzene rings is 2. The summed E-state index contributed by atoms with van der Waals surface area (Å²) in [6, 6.07) is 10.7. The lowest BCUT2D eigenvalue weighted by atomic mass is 10.2. The molecule has 0 aliphatic rings. The zero-order valence-corrected chi connectivity index (χ0v) is 17.0. The number of rotatable bonds is 7. The lowest BCUT2D eigenvalue weighted by Gasteiger charge is -2.07. The van der Waals surface area contributed by atoms with Crippen LogP contribution in [0.2, 0.25) is 5.02 Å². The smallest absolute Gasteiger partial charge is 0.339 e. The van der Waals surface area contributed by atoms with Crippen molar-refractivity contribution in [2.45, 2.75) is 11.4 Å². The Bertz CT molecular complexity index is 1130. The number of hydrogen-bond donors (Lipinski definition) is 1. The Hall–Kier alpha value is -2.95. The number of nitrogens with zero attached hydrogens (tertiary/aromatic N) is 2. The van der Waals surface area contributed by atoms with Gasteiger partial charge in [-0.1, -0.05) is 16.8 Å². The standard InChI is InChI=1S/C18H16ClN3O6S/c1-26-12-5-3-11(4-6-12)17-21-16(28-22-17)10-20-29(24,25)13-7-8-15(19)14(9-13)18(23)27-2/h3-9,20H,10H2,1-2H3. The molecule has 0 fully saturated rings. The van der Waals surface area contributed by atoms with Crippen molar-refractivity contribution in [3.63, 3.8) is 0 Å². The first kappa shape index (κ1) is 20.8. The van der Waals surface area contributed by atoms with Crippen molar-refractivity contribution in [3.8, 4) is 17.1 Å². The van der Waals surface area contributed by atoms with Gasteiger partial charge in [-0.3, -0.25) is 0 Å². The van der Waals surface area contributed by atoms with Gasteiger partial charge in [0, 0.05) is 5.56 Å². The van der Waals surface area contributed by atoms with E-state index < -0.39 is 16.0 Å². The number of sulfonamides is 1. The number of ether oxygens (including phenoxy) is 2. The molecule has 0 atom stereocenters. The minimum absolute atomic E-state index is 0.0587. The fourth-order valence-electron chi connectivity index (χ4n) is 2.36. The Balaban J connectivity index is 1.74. The molecule has 3 rings (SSSR count). The average Bonchev–Trinajstić information content (AvgIpc) is 3.21. The SMILES string of the molecule is COC(=O)c1cc(S(=O)(=O)NCc2nc(-c3ccc(OC)cc3)no2)ccc1Cl. The molecule has 1 N–H and O–H groups in total. The molecule has 0 spiro atoms. The van der Waals surface area contributed by atoms with Gasteiger partial charge in [0.15, 0.2) is 0 Å². The minimum Gasteiger partial charge on any atom is -0.497 e. The number of esters is 1. The van der Waals surface area contributed by atoms with Crippen molar-refractivity contribution in [3.05, 3.63) is 58.9 Å². The maximum atomic E-state index is 12.5. The summed E-state index contributed by atoms with van der Waals surface area (Å²) in [5.74, 6) is 0.315. The molecule has 1 aromatic heterocycles. The van der Waals surface area contributed by atoms with Crippen molar-refractivity contribution in [2.75, 3.05) is 14.2 Å². The summed E-state index contributed by atoms with van der Waals surface area (Å²) in [4.78, 5) is 15.7. The second kappa shape index (κ2) is 8.60. The van der Waals surface area contributed by atoms with Crippen molar-refractivity contribution in [1.82, 2.24) is 14.9 Å². The molecule has 0 aliphatic heterocycles. The third-order valence-electron chi connectivity index (χ3n) is 3.88. The van der Waals surface area contributed by atoms with E-state index >= 15 is 0 Å². The van der Waals surface area contributed by atoms with Gasteiger partial charge in [0.25, 0.3) is 0 Å². The quantitative estimate of drug-likeness (QED) is 0.560. The van der Waals surface area contributed by atoms with Gasteiger partial charge in [-0.15, -0.1) is 0 Å². The number of nitrogens with one attached hydrogen (secondary N) is 1. The van der Waals surface area contributed by atoms with Crippen molar-refractivity contribution in [2.24, 2.45) is 0 Å². The molecule has 0 aliphatic carbocycles. The van der Waals surface area contributed by atoms with Crippen LogP contribution in [0.25, 0.3) is 11.4 Å². The van der Waals surface area contributed by atoms with Gasteiger partial charge in [-0.2, -0.15) is 4.98 Å². The Labute approximate surface area is 171 Å². The first-order chi connectivity index (χ1) is 13.8. The Kier molecular flexibility index (Phi) is 6.16. The van der Waals surface area contributed by atoms with Gasteiger partial charge in [-0.25, -0.2) is 17.9 Å². The van der Waals surface area contributed by atoms with E-state index in [4.69, 9.17) is 20.9 Å². The fraction of sp³-hybridized carbons (Fsp3) is 0.167. The van der Waals surface area contributed by atoms with Gasteiger partial charge in [0.2, 0.25) is 21.7 Å². The molecule has 0 saturated heterocycles. The van der Waals surface area contributed by atoms with Crippen LogP contribution >= 0.6 is 11.6 Å². The van der Waals surface area contributed by atoms with Crippen molar-refractivity contribution >= 4 is 27.6 Å². The molecule has 0 radical (unpaired) electrons. The average molecular weight is 438 g/mol. The van der Waals surface area contributed by atoms with Gasteiger partial charge in [-0.05, 0) is 42.5 Å². The number of carbonyl (C=O) groups excluding carboxylic acids is 1. The van der Waals surface area contributed by atoms with Crippen LogP contribution in [-0.4, -0.2) is 38.7 Å². The molecule has 11 heteroatoms. The molecule has 9 nitrogen and oxygen atoms in total. The van der Waals surface area contributed by atoms with E-state index in [-0.39, 0.29) is 27.9 Å². The maximum Gasteiger partial charge on any atom is 0.339 e. The Morgan fingerprint density at radius 1 is 1.17 bits per heavy atom. The number of hydrogen-bond acceptors (Lipinski definition) is 8. The van der Waals surface area contributed by atoms with Crippen LogP contribution in [0.15, 0.2) is 51.9 Å². The summed E-state index contributed by atoms with van der Waals surface area (Å²) in [6.45, 7) is -0.234. The molecule has 152 valence electrons. The lowest BCUT2D eigenvalue weighted by Crippen LogP contribution is -2.23. The van der Waals surface area contributed by atoms with E-state index in [1.807, 2.05) is 0 Å². The van der Waals surface area contributed by atoms with Crippen LogP contribution in [0.5, 0.6) is 5.75 Å². The van der Waals surface area contributed by atoms with Crippen LogP contribution in [0.4, 0.5) is 0 Å². The monoisotopic (exact) mass is 437 g/mol. The first-order valence-corrected chi connectivity index (χ1v) is 10.0. The van der Waals surface area contributed by atoms with Gasteiger partial charge < -0.3 is 14.0 Å². The minimum atomic E-state index is -3.96. The summed E-state index contributed by atoms with van der Waals surface area (Å²) in [7, 11) is -1.23. The van der Waals surface area contributed by atoms with Crippen LogP contribution in [0, 0.1) is 0 Å². The van der Waals surface area contributed by atoms with E-state index in [1.54, 1.807) is 31.4 Å². The molecular weight excluding hydrogens is 422 g/mol. The topological polar surface area (TPSA) is 121 Å². The molecule has 0 unspecified atom stereocenters. The number of halogens is 1. The van der Waals surface area contributed by atoms with Crippen molar-refractivity contribution < 1.29 is 27.2 Å². The molecule has 2 aromatic carbocycles. The molecule has 0 amide bonds. The number of carbonyl (C=O) groups is 1. The highest BCUT2D eigenvalue weighted by Gasteiger charge is 2.20. The van der Waals surface area contributed by atoms with E-state index in [1.165, 1.54) is 19.2 Å². The van der Waals surface area contributed by atoms with Crippen LogP contribution in [0.1, 0.15) is 16.2 Å². The predicted octanol–water partition coefficient (Wildman–Crippen LogP) is 2.66. The Morgan fingerprint density at radius 3 is 2.55 bits per heavy atom. The van der Waals surface area contributed by atoms with E-state index in [9.17, 15) is 13.2 Å². The van der Waals surface area contributed by atoms with Crippen molar-refractivity contribution in [1.29, 1.82) is 0 Å². The highest BCUT2D eigenvalue weighted by molar-refractivity contribution is 7.89. The number of methoxy groups -OCH3 is 2. The van der Waals surface area contributed by atoms with E-state index in [0.29, 0.717) is 17.1 Å². The first-order valence-electron chi connectivity index (χ1n) is 8.18. The highest BCUT2D eigenvalue weighted by Crippen LogP contribution is 2.22. The normalized spacial score (nSPS) is 11.3. The summed E-state index contributed by atoms with van der Waals surface area (Å²) >= 11 is 5.92. The largest absolute Gasteiger partial charge is 0.497 e. The summed E-state index contributed by atoms with van der Waals surface area (Å²) in [5.41, 5.74) is 0.626. The lowest BCUT2D eigenvalue weighted by molar-refractivity contribution is 0.0600. The molecular formula is C18H16ClN3O6S. The maximum absolute atomic E-state index is 12.5. The summed E-state index contributed by atoms with van der Waals surface area (Å²) in [5, 5.41) is 3.92. The van der Waals surface area contributed by atoms with E-state index in [0.717, 1.165) is 6.07 Å².